The van der Waals surface area contributed by atoms with Gasteiger partial charge in [0.15, 0.2) is 0 Å². The number of esters is 2. The maximum Gasteiger partial charge on any atom is 0.408 e. The average molecular weight is 724 g/mol. The van der Waals surface area contributed by atoms with Crippen molar-refractivity contribution in [1.82, 2.24) is 5.32 Å². The molecular weight excluding hydrogens is 638 g/mol. The monoisotopic (exact) mass is 724 g/mol. The number of carbonyl (C=O) groups excluding carboxylic acids is 3. The van der Waals surface area contributed by atoms with Gasteiger partial charge in [-0.15, -0.1) is 0 Å². The third-order valence-corrected chi connectivity index (χ3v) is 10.4. The van der Waals surface area contributed by atoms with Gasteiger partial charge >= 0.3 is 18.0 Å². The maximum absolute atomic E-state index is 12.9. The Morgan fingerprint density at radius 3 is 1.04 bits per heavy atom. The van der Waals surface area contributed by atoms with Gasteiger partial charge < -0.3 is 19.5 Å². The molecule has 302 valence electrons. The van der Waals surface area contributed by atoms with Crippen LogP contribution < -0.4 is 5.32 Å². The Hall–Kier alpha value is -1.79. The smallest absolute Gasteiger partial charge is 0.408 e. The topological polar surface area (TPSA) is 90.9 Å². The molecular formula is C44H85NO6. The van der Waals surface area contributed by atoms with Crippen LogP contribution in [0.1, 0.15) is 239 Å². The lowest BCUT2D eigenvalue weighted by Crippen LogP contribution is -2.43. The summed E-state index contributed by atoms with van der Waals surface area (Å²) in [5, 5.41) is 2.64. The summed E-state index contributed by atoms with van der Waals surface area (Å²) in [7, 11) is 2.58. The first kappa shape index (κ1) is 49.2. The van der Waals surface area contributed by atoms with Crippen LogP contribution in [0.15, 0.2) is 0 Å². The molecule has 0 aromatic rings. The maximum atomic E-state index is 12.9. The van der Waals surface area contributed by atoms with Crippen molar-refractivity contribution in [2.45, 2.75) is 251 Å². The second kappa shape index (κ2) is 39.4. The molecule has 0 radical (unpaired) electrons. The van der Waals surface area contributed by atoms with Crippen LogP contribution in [-0.2, 0) is 23.8 Å². The van der Waals surface area contributed by atoms with Crippen molar-refractivity contribution >= 4 is 18.0 Å². The fourth-order valence-electron chi connectivity index (χ4n) is 7.01. The van der Waals surface area contributed by atoms with Gasteiger partial charge in [-0.2, -0.15) is 0 Å². The summed E-state index contributed by atoms with van der Waals surface area (Å²) < 4.78 is 15.4. The summed E-state index contributed by atoms with van der Waals surface area (Å²) in [5.74, 6) is -1.03. The highest BCUT2D eigenvalue weighted by Gasteiger charge is 2.25. The Morgan fingerprint density at radius 1 is 0.431 bits per heavy atom. The summed E-state index contributed by atoms with van der Waals surface area (Å²) in [6.45, 7) is 4.56. The lowest BCUT2D eigenvalue weighted by molar-refractivity contribution is -0.144. The standard InChI is InChI=1S/C44H85NO6/c1-5-7-9-11-13-15-17-19-21-23-25-27-29-31-33-35-37-40(51-44(48)45-41(43(47)50-4)38-39-42(46)49-3)36-34-32-30-28-26-24-22-20-18-16-14-12-10-8-6-2/h40-41H,5-39H2,1-4H3,(H,45,48). The third kappa shape index (κ3) is 35.0. The summed E-state index contributed by atoms with van der Waals surface area (Å²) in [6, 6.07) is -0.941. The Bertz CT molecular complexity index is 775. The number of alkyl carbamates (subject to hydrolysis) is 1. The number of unbranched alkanes of at least 4 members (excludes halogenated alkanes) is 29. The minimum Gasteiger partial charge on any atom is -0.469 e. The van der Waals surface area contributed by atoms with Crippen molar-refractivity contribution < 1.29 is 28.6 Å². The SMILES string of the molecule is CCCCCCCCCCCCCCCCCCC(CCCCCCCCCCCCCCCCC)OC(=O)NC(CCC(=O)OC)C(=O)OC. The van der Waals surface area contributed by atoms with Crippen LogP contribution in [0.4, 0.5) is 4.79 Å². The summed E-state index contributed by atoms with van der Waals surface area (Å²) in [5.41, 5.74) is 0. The van der Waals surface area contributed by atoms with Gasteiger partial charge in [0, 0.05) is 6.42 Å². The van der Waals surface area contributed by atoms with Crippen molar-refractivity contribution in [2.24, 2.45) is 0 Å². The summed E-state index contributed by atoms with van der Waals surface area (Å²) in [6.07, 6.45) is 42.2. The third-order valence-electron chi connectivity index (χ3n) is 10.4. The average Bonchev–Trinajstić information content (AvgIpc) is 3.13. The van der Waals surface area contributed by atoms with Crippen LogP contribution in [0.5, 0.6) is 0 Å². The van der Waals surface area contributed by atoms with Gasteiger partial charge in [-0.3, -0.25) is 4.79 Å². The van der Waals surface area contributed by atoms with Gasteiger partial charge in [0.25, 0.3) is 0 Å². The van der Waals surface area contributed by atoms with E-state index in [9.17, 15) is 14.4 Å². The second-order valence-corrected chi connectivity index (χ2v) is 15.2. The van der Waals surface area contributed by atoms with Gasteiger partial charge in [0.2, 0.25) is 0 Å². The van der Waals surface area contributed by atoms with Crippen LogP contribution in [0, 0.1) is 0 Å². The van der Waals surface area contributed by atoms with Crippen LogP contribution in [0.25, 0.3) is 0 Å². The first-order valence-electron chi connectivity index (χ1n) is 22.1. The quantitative estimate of drug-likeness (QED) is 0.0386. The molecule has 0 saturated heterocycles. The molecule has 0 aromatic carbocycles. The molecule has 0 spiro atoms. The van der Waals surface area contributed by atoms with E-state index in [2.05, 4.69) is 23.9 Å². The van der Waals surface area contributed by atoms with Crippen LogP contribution >= 0.6 is 0 Å². The Labute approximate surface area is 316 Å². The minimum atomic E-state index is -0.941. The number of ether oxygens (including phenoxy) is 3. The zero-order chi connectivity index (χ0) is 37.5. The summed E-state index contributed by atoms with van der Waals surface area (Å²) in [4.78, 5) is 36.7. The number of methoxy groups -OCH3 is 2. The number of amides is 1. The van der Waals surface area contributed by atoms with E-state index in [1.165, 1.54) is 188 Å². The minimum absolute atomic E-state index is 0.0122. The van der Waals surface area contributed by atoms with Gasteiger partial charge in [0.1, 0.15) is 12.1 Å². The number of hydrogen-bond donors (Lipinski definition) is 1. The van der Waals surface area contributed by atoms with Crippen molar-refractivity contribution in [1.29, 1.82) is 0 Å². The molecule has 2 unspecified atom stereocenters. The number of hydrogen-bond acceptors (Lipinski definition) is 6. The van der Waals surface area contributed by atoms with Gasteiger partial charge in [0.05, 0.1) is 14.2 Å². The Kier molecular flexibility index (Phi) is 38.0. The highest BCUT2D eigenvalue weighted by Crippen LogP contribution is 2.19. The molecule has 0 aliphatic heterocycles. The van der Waals surface area contributed by atoms with Crippen LogP contribution in [-0.4, -0.2) is 44.4 Å². The van der Waals surface area contributed by atoms with Crippen molar-refractivity contribution in [3.05, 3.63) is 0 Å². The number of carbonyl (C=O) groups is 3. The number of rotatable bonds is 39. The predicted octanol–water partition coefficient (Wildman–Crippen LogP) is 13.5. The molecule has 2 atom stereocenters. The molecule has 0 rings (SSSR count). The largest absolute Gasteiger partial charge is 0.469 e. The zero-order valence-corrected chi connectivity index (χ0v) is 34.4. The fraction of sp³-hybridized carbons (Fsp3) is 0.932. The van der Waals surface area contributed by atoms with Gasteiger partial charge in [-0.05, 0) is 32.1 Å². The molecule has 0 saturated carbocycles. The molecule has 0 aliphatic carbocycles. The zero-order valence-electron chi connectivity index (χ0n) is 34.4. The lowest BCUT2D eigenvalue weighted by atomic mass is 10.0. The van der Waals surface area contributed by atoms with E-state index >= 15 is 0 Å². The normalized spacial score (nSPS) is 12.4. The van der Waals surface area contributed by atoms with E-state index in [4.69, 9.17) is 9.47 Å². The van der Waals surface area contributed by atoms with E-state index in [1.807, 2.05) is 0 Å². The lowest BCUT2D eigenvalue weighted by Gasteiger charge is -2.21. The molecule has 7 nitrogen and oxygen atoms in total. The highest BCUT2D eigenvalue weighted by molar-refractivity contribution is 5.82. The molecule has 0 aromatic heterocycles. The van der Waals surface area contributed by atoms with Crippen molar-refractivity contribution in [3.63, 3.8) is 0 Å². The predicted molar refractivity (Wildman–Crippen MR) is 214 cm³/mol. The molecule has 51 heavy (non-hydrogen) atoms. The molecule has 0 fully saturated rings. The molecule has 0 aliphatic rings. The first-order chi connectivity index (χ1) is 25.0. The fourth-order valence-corrected chi connectivity index (χ4v) is 7.01. The second-order valence-electron chi connectivity index (χ2n) is 15.2. The number of nitrogens with one attached hydrogen (secondary N) is 1. The Balaban J connectivity index is 4.35. The van der Waals surface area contributed by atoms with Crippen LogP contribution in [0.2, 0.25) is 0 Å². The van der Waals surface area contributed by atoms with E-state index in [0.717, 1.165) is 38.5 Å². The van der Waals surface area contributed by atoms with Gasteiger partial charge in [-0.25, -0.2) is 9.59 Å². The molecule has 1 amide bonds. The molecule has 0 bridgehead atoms. The van der Waals surface area contributed by atoms with Crippen molar-refractivity contribution in [2.75, 3.05) is 14.2 Å². The molecule has 7 heteroatoms. The van der Waals surface area contributed by atoms with Crippen LogP contribution in [0.3, 0.4) is 0 Å². The van der Waals surface area contributed by atoms with E-state index in [1.54, 1.807) is 0 Å². The highest BCUT2D eigenvalue weighted by atomic mass is 16.6. The van der Waals surface area contributed by atoms with Crippen molar-refractivity contribution in [3.8, 4) is 0 Å². The molecule has 1 N–H and O–H groups in total. The first-order valence-corrected chi connectivity index (χ1v) is 22.1. The van der Waals surface area contributed by atoms with E-state index in [-0.39, 0.29) is 18.9 Å². The van der Waals surface area contributed by atoms with E-state index < -0.39 is 24.1 Å². The summed E-state index contributed by atoms with van der Waals surface area (Å²) >= 11 is 0. The van der Waals surface area contributed by atoms with Gasteiger partial charge in [-0.1, -0.05) is 200 Å². The Morgan fingerprint density at radius 2 is 0.745 bits per heavy atom. The van der Waals surface area contributed by atoms with E-state index in [0.29, 0.717) is 0 Å². The molecule has 0 heterocycles.